The molecule has 0 spiro atoms. The lowest BCUT2D eigenvalue weighted by atomic mass is 9.93. The van der Waals surface area contributed by atoms with Crippen molar-refractivity contribution in [3.8, 4) is 0 Å². The fourth-order valence-electron chi connectivity index (χ4n) is 1.36. The van der Waals surface area contributed by atoms with Gasteiger partial charge in [0, 0.05) is 17.5 Å². The molecule has 16 heavy (non-hydrogen) atoms. The molecule has 0 radical (unpaired) electrons. The number of anilines is 1. The molecule has 4 nitrogen and oxygen atoms in total. The van der Waals surface area contributed by atoms with Crippen LogP contribution in [0.15, 0.2) is 12.4 Å². The molecule has 1 N–H and O–H groups in total. The van der Waals surface area contributed by atoms with Crippen molar-refractivity contribution < 1.29 is 4.79 Å². The summed E-state index contributed by atoms with van der Waals surface area (Å²) in [7, 11) is 0. The van der Waals surface area contributed by atoms with Gasteiger partial charge in [0.1, 0.15) is 0 Å². The Morgan fingerprint density at radius 1 is 1.38 bits per heavy atom. The number of hydrogen-bond acceptors (Lipinski definition) is 3. The minimum Gasteiger partial charge on any atom is -0.309 e. The predicted molar refractivity (Wildman–Crippen MR) is 62.1 cm³/mol. The third kappa shape index (κ3) is 2.56. The van der Waals surface area contributed by atoms with Crippen LogP contribution in [0.5, 0.6) is 0 Å². The van der Waals surface area contributed by atoms with E-state index in [4.69, 9.17) is 0 Å². The highest BCUT2D eigenvalue weighted by Gasteiger charge is 2.30. The first-order valence-electron chi connectivity index (χ1n) is 5.60. The molecule has 2 rings (SSSR count). The van der Waals surface area contributed by atoms with Crippen LogP contribution in [0.4, 0.5) is 5.82 Å². The molecule has 0 saturated heterocycles. The maximum absolute atomic E-state index is 11.6. The molecule has 0 atom stereocenters. The van der Waals surface area contributed by atoms with Crippen LogP contribution in [0, 0.1) is 5.92 Å². The van der Waals surface area contributed by atoms with Crippen molar-refractivity contribution in [3.63, 3.8) is 0 Å². The van der Waals surface area contributed by atoms with Gasteiger partial charge in [-0.25, -0.2) is 4.98 Å². The molecule has 0 aliphatic heterocycles. The lowest BCUT2D eigenvalue weighted by Gasteiger charge is -2.17. The maximum atomic E-state index is 11.6. The Labute approximate surface area is 95.5 Å². The molecule has 1 fully saturated rings. The number of nitrogens with zero attached hydrogens (tertiary/aromatic N) is 2. The van der Waals surface area contributed by atoms with Crippen molar-refractivity contribution in [2.75, 3.05) is 5.32 Å². The molecule has 4 heteroatoms. The number of carbonyl (C=O) groups excluding carboxylic acids is 1. The van der Waals surface area contributed by atoms with E-state index in [1.165, 1.54) is 0 Å². The predicted octanol–water partition coefficient (Wildman–Crippen LogP) is 2.12. The summed E-state index contributed by atoms with van der Waals surface area (Å²) in [5.41, 5.74) is 0.842. The Morgan fingerprint density at radius 3 is 2.62 bits per heavy atom. The highest BCUT2D eigenvalue weighted by Crippen LogP contribution is 2.30. The zero-order valence-corrected chi connectivity index (χ0v) is 9.95. The normalized spacial score (nSPS) is 15.9. The minimum absolute atomic E-state index is 0.0483. The molecule has 86 valence electrons. The average Bonchev–Trinajstić information content (AvgIpc) is 2.99. The zero-order chi connectivity index (χ0) is 11.8. The molecule has 1 amide bonds. The monoisotopic (exact) mass is 219 g/mol. The third-order valence-electron chi connectivity index (χ3n) is 2.60. The van der Waals surface area contributed by atoms with Gasteiger partial charge in [-0.1, -0.05) is 20.8 Å². The van der Waals surface area contributed by atoms with E-state index in [2.05, 4.69) is 36.1 Å². The van der Waals surface area contributed by atoms with E-state index in [1.54, 1.807) is 12.4 Å². The topological polar surface area (TPSA) is 54.9 Å². The molecular formula is C12H17N3O. The van der Waals surface area contributed by atoms with E-state index in [-0.39, 0.29) is 17.2 Å². The Balaban J connectivity index is 2.12. The Morgan fingerprint density at radius 2 is 2.06 bits per heavy atom. The third-order valence-corrected chi connectivity index (χ3v) is 2.60. The van der Waals surface area contributed by atoms with Gasteiger partial charge in [0.15, 0.2) is 5.82 Å². The standard InChI is InChI=1S/C12H17N3O/c1-12(2,3)9-6-13-7-10(14-9)15-11(16)8-4-5-8/h6-8H,4-5H2,1-3H3,(H,14,15,16). The minimum atomic E-state index is -0.0483. The summed E-state index contributed by atoms with van der Waals surface area (Å²) in [5, 5.41) is 2.80. The van der Waals surface area contributed by atoms with Crippen LogP contribution in [0.1, 0.15) is 39.3 Å². The van der Waals surface area contributed by atoms with Crippen molar-refractivity contribution in [1.29, 1.82) is 0 Å². The quantitative estimate of drug-likeness (QED) is 0.829. The van der Waals surface area contributed by atoms with E-state index in [0.717, 1.165) is 18.5 Å². The maximum Gasteiger partial charge on any atom is 0.228 e. The largest absolute Gasteiger partial charge is 0.309 e. The summed E-state index contributed by atoms with van der Waals surface area (Å²) in [6, 6.07) is 0. The molecule has 0 unspecified atom stereocenters. The lowest BCUT2D eigenvalue weighted by molar-refractivity contribution is -0.117. The first kappa shape index (κ1) is 11.0. The molecule has 1 heterocycles. The summed E-state index contributed by atoms with van der Waals surface area (Å²) in [4.78, 5) is 20.1. The number of nitrogens with one attached hydrogen (secondary N) is 1. The van der Waals surface area contributed by atoms with Crippen LogP contribution in [-0.2, 0) is 10.2 Å². The van der Waals surface area contributed by atoms with Gasteiger partial charge in [-0.05, 0) is 12.8 Å². The van der Waals surface area contributed by atoms with Gasteiger partial charge >= 0.3 is 0 Å². The van der Waals surface area contributed by atoms with Gasteiger partial charge in [-0.2, -0.15) is 0 Å². The van der Waals surface area contributed by atoms with Gasteiger partial charge in [0.2, 0.25) is 5.91 Å². The number of hydrogen-bond donors (Lipinski definition) is 1. The van der Waals surface area contributed by atoms with Gasteiger partial charge in [0.05, 0.1) is 11.9 Å². The van der Waals surface area contributed by atoms with Crippen LogP contribution in [-0.4, -0.2) is 15.9 Å². The van der Waals surface area contributed by atoms with Crippen molar-refractivity contribution >= 4 is 11.7 Å². The van der Waals surface area contributed by atoms with E-state index >= 15 is 0 Å². The summed E-state index contributed by atoms with van der Waals surface area (Å²) in [5.74, 6) is 0.824. The lowest BCUT2D eigenvalue weighted by Crippen LogP contribution is -2.18. The first-order valence-corrected chi connectivity index (χ1v) is 5.60. The van der Waals surface area contributed by atoms with Gasteiger partial charge < -0.3 is 5.32 Å². The second kappa shape index (κ2) is 3.85. The number of amides is 1. The van der Waals surface area contributed by atoms with E-state index in [9.17, 15) is 4.79 Å². The van der Waals surface area contributed by atoms with Crippen molar-refractivity contribution in [2.45, 2.75) is 39.0 Å². The van der Waals surface area contributed by atoms with Crippen LogP contribution >= 0.6 is 0 Å². The second-order valence-electron chi connectivity index (χ2n) is 5.30. The van der Waals surface area contributed by atoms with E-state index in [0.29, 0.717) is 5.82 Å². The number of rotatable bonds is 2. The molecule has 1 aliphatic carbocycles. The fraction of sp³-hybridized carbons (Fsp3) is 0.583. The summed E-state index contributed by atoms with van der Waals surface area (Å²) in [6.07, 6.45) is 5.33. The Kier molecular flexibility index (Phi) is 2.66. The Hall–Kier alpha value is -1.45. The van der Waals surface area contributed by atoms with Crippen LogP contribution in [0.25, 0.3) is 0 Å². The summed E-state index contributed by atoms with van der Waals surface area (Å²) < 4.78 is 0. The van der Waals surface area contributed by atoms with Crippen molar-refractivity contribution in [1.82, 2.24) is 9.97 Å². The smallest absolute Gasteiger partial charge is 0.228 e. The Bertz CT molecular complexity index is 405. The molecule has 1 aromatic heterocycles. The van der Waals surface area contributed by atoms with Crippen molar-refractivity contribution in [2.24, 2.45) is 5.92 Å². The van der Waals surface area contributed by atoms with E-state index < -0.39 is 0 Å². The van der Waals surface area contributed by atoms with Gasteiger partial charge in [0.25, 0.3) is 0 Å². The van der Waals surface area contributed by atoms with Crippen LogP contribution < -0.4 is 5.32 Å². The summed E-state index contributed by atoms with van der Waals surface area (Å²) >= 11 is 0. The fourth-order valence-corrected chi connectivity index (χ4v) is 1.36. The molecular weight excluding hydrogens is 202 g/mol. The number of carbonyl (C=O) groups is 1. The second-order valence-corrected chi connectivity index (χ2v) is 5.30. The molecule has 0 aromatic carbocycles. The number of aromatic nitrogens is 2. The van der Waals surface area contributed by atoms with Crippen molar-refractivity contribution in [3.05, 3.63) is 18.1 Å². The van der Waals surface area contributed by atoms with E-state index in [1.807, 2.05) is 0 Å². The van der Waals surface area contributed by atoms with Gasteiger partial charge in [-0.3, -0.25) is 9.78 Å². The van der Waals surface area contributed by atoms with Crippen LogP contribution in [0.2, 0.25) is 0 Å². The molecule has 1 aliphatic rings. The first-order chi connectivity index (χ1) is 7.47. The molecule has 1 aromatic rings. The van der Waals surface area contributed by atoms with Crippen LogP contribution in [0.3, 0.4) is 0 Å². The zero-order valence-electron chi connectivity index (χ0n) is 9.95. The molecule has 1 saturated carbocycles. The molecule has 0 bridgehead atoms. The highest BCUT2D eigenvalue weighted by molar-refractivity contribution is 5.93. The average molecular weight is 219 g/mol. The SMILES string of the molecule is CC(C)(C)c1cncc(NC(=O)C2CC2)n1. The highest BCUT2D eigenvalue weighted by atomic mass is 16.2. The summed E-state index contributed by atoms with van der Waals surface area (Å²) in [6.45, 7) is 6.22. The van der Waals surface area contributed by atoms with Gasteiger partial charge in [-0.15, -0.1) is 0 Å².